The van der Waals surface area contributed by atoms with Gasteiger partial charge in [0.15, 0.2) is 0 Å². The number of fused-ring (bicyclic) bond motifs is 4. The lowest BCUT2D eigenvalue weighted by Crippen LogP contribution is -2.40. The number of ketones is 1. The Bertz CT molecular complexity index is 881. The summed E-state index contributed by atoms with van der Waals surface area (Å²) in [5.41, 5.74) is 3.32. The molecule has 4 nitrogen and oxygen atoms in total. The number of rotatable bonds is 3. The van der Waals surface area contributed by atoms with Gasteiger partial charge in [-0.25, -0.2) is 0 Å². The van der Waals surface area contributed by atoms with Crippen molar-refractivity contribution in [2.45, 2.75) is 84.0 Å². The highest BCUT2D eigenvalue weighted by Crippen LogP contribution is 2.59. The average molecular weight is 452 g/mol. The van der Waals surface area contributed by atoms with Gasteiger partial charge in [-0.3, -0.25) is 9.59 Å². The van der Waals surface area contributed by atoms with Crippen molar-refractivity contribution in [3.63, 3.8) is 0 Å². The number of amides is 1. The summed E-state index contributed by atoms with van der Waals surface area (Å²) in [6, 6.07) is 0. The molecule has 0 aromatic heterocycles. The third kappa shape index (κ3) is 3.66. The number of hydrogen-bond donors (Lipinski definition) is 0. The standard InChI is InChI=1S/C29H41NO3/c1-28-11-10-23-22-5-3-2-4-20(22)6-8-24(23)27(28)21(18-25(28)31)7-9-26(32)30-15-12-29(19-30)13-16-33-17-14-29/h10-11,20-21,24,27H,2-9,12-19H2,1H3/t20?,21-,24?,27?,28-/m1/s1. The first kappa shape index (κ1) is 22.1. The molecule has 0 bridgehead atoms. The van der Waals surface area contributed by atoms with Crippen molar-refractivity contribution in [2.24, 2.45) is 34.5 Å². The van der Waals surface area contributed by atoms with Crippen LogP contribution in [0.3, 0.4) is 0 Å². The molecule has 0 aromatic rings. The van der Waals surface area contributed by atoms with Crippen molar-refractivity contribution in [3.8, 4) is 0 Å². The predicted molar refractivity (Wildman–Crippen MR) is 128 cm³/mol. The van der Waals surface area contributed by atoms with Gasteiger partial charge >= 0.3 is 0 Å². The molecule has 5 atom stereocenters. The van der Waals surface area contributed by atoms with E-state index in [9.17, 15) is 9.59 Å². The van der Waals surface area contributed by atoms with Gasteiger partial charge in [-0.05, 0) is 99.4 Å². The number of carbonyl (C=O) groups is 2. The lowest BCUT2D eigenvalue weighted by molar-refractivity contribution is -0.131. The molecule has 1 spiro atoms. The highest BCUT2D eigenvalue weighted by molar-refractivity contribution is 5.90. The smallest absolute Gasteiger partial charge is 0.222 e. The Balaban J connectivity index is 1.16. The number of Topliss-reactive ketones (excluding diaryl/α,β-unsaturated/α-hetero) is 1. The van der Waals surface area contributed by atoms with Crippen molar-refractivity contribution in [2.75, 3.05) is 26.3 Å². The monoisotopic (exact) mass is 451 g/mol. The molecule has 2 aliphatic heterocycles. The Kier molecular flexibility index (Phi) is 5.59. The minimum atomic E-state index is -0.316. The Morgan fingerprint density at radius 2 is 2.00 bits per heavy atom. The maximum atomic E-state index is 13.2. The third-order valence-corrected chi connectivity index (χ3v) is 10.7. The molecule has 6 rings (SSSR count). The van der Waals surface area contributed by atoms with E-state index in [0.717, 1.165) is 57.9 Å². The second-order valence-corrected chi connectivity index (χ2v) is 12.4. The molecule has 4 aliphatic carbocycles. The summed E-state index contributed by atoms with van der Waals surface area (Å²) < 4.78 is 5.57. The molecule has 180 valence electrons. The summed E-state index contributed by atoms with van der Waals surface area (Å²) in [7, 11) is 0. The van der Waals surface area contributed by atoms with Gasteiger partial charge in [0, 0.05) is 44.6 Å². The normalized spacial score (nSPS) is 39.5. The van der Waals surface area contributed by atoms with E-state index in [2.05, 4.69) is 24.0 Å². The van der Waals surface area contributed by atoms with E-state index >= 15 is 0 Å². The lowest BCUT2D eigenvalue weighted by atomic mass is 9.57. The average Bonchev–Trinajstić information content (AvgIpc) is 3.36. The van der Waals surface area contributed by atoms with Crippen molar-refractivity contribution < 1.29 is 14.3 Å². The molecule has 4 heteroatoms. The van der Waals surface area contributed by atoms with Gasteiger partial charge in [0.2, 0.25) is 5.91 Å². The molecule has 2 saturated carbocycles. The quantitative estimate of drug-likeness (QED) is 0.571. The van der Waals surface area contributed by atoms with Crippen molar-refractivity contribution >= 4 is 11.7 Å². The highest BCUT2D eigenvalue weighted by atomic mass is 16.5. The molecular weight excluding hydrogens is 410 g/mol. The Morgan fingerprint density at radius 3 is 2.85 bits per heavy atom. The first-order valence-corrected chi connectivity index (χ1v) is 13.8. The van der Waals surface area contributed by atoms with Gasteiger partial charge in [0.1, 0.15) is 5.78 Å². The number of allylic oxidation sites excluding steroid dienone is 4. The first-order valence-electron chi connectivity index (χ1n) is 13.8. The summed E-state index contributed by atoms with van der Waals surface area (Å²) in [4.78, 5) is 28.6. The van der Waals surface area contributed by atoms with Crippen molar-refractivity contribution in [1.29, 1.82) is 0 Å². The fraction of sp³-hybridized carbons (Fsp3) is 0.793. The molecule has 2 heterocycles. The van der Waals surface area contributed by atoms with Crippen LogP contribution < -0.4 is 0 Å². The van der Waals surface area contributed by atoms with Gasteiger partial charge in [-0.15, -0.1) is 0 Å². The third-order valence-electron chi connectivity index (χ3n) is 10.7. The van der Waals surface area contributed by atoms with Crippen molar-refractivity contribution in [3.05, 3.63) is 23.3 Å². The van der Waals surface area contributed by atoms with Crippen LogP contribution in [-0.4, -0.2) is 42.9 Å². The minimum Gasteiger partial charge on any atom is -0.381 e. The van der Waals surface area contributed by atoms with Crippen LogP contribution in [0.5, 0.6) is 0 Å². The van der Waals surface area contributed by atoms with Crippen molar-refractivity contribution in [1.82, 2.24) is 4.90 Å². The molecular formula is C29H41NO3. The van der Waals surface area contributed by atoms with Crippen LogP contribution >= 0.6 is 0 Å². The molecule has 1 amide bonds. The number of carbonyl (C=O) groups excluding carboxylic acids is 2. The van der Waals surface area contributed by atoms with Crippen LogP contribution in [-0.2, 0) is 14.3 Å². The highest BCUT2D eigenvalue weighted by Gasteiger charge is 2.56. The predicted octanol–water partition coefficient (Wildman–Crippen LogP) is 5.47. The van der Waals surface area contributed by atoms with Crippen LogP contribution in [0.4, 0.5) is 0 Å². The second-order valence-electron chi connectivity index (χ2n) is 12.4. The van der Waals surface area contributed by atoms with E-state index in [0.29, 0.717) is 47.7 Å². The molecule has 0 aromatic carbocycles. The Hall–Kier alpha value is -1.42. The summed E-state index contributed by atoms with van der Waals surface area (Å²) >= 11 is 0. The van der Waals surface area contributed by atoms with Crippen LogP contribution in [0.1, 0.15) is 84.0 Å². The van der Waals surface area contributed by atoms with E-state index in [1.54, 1.807) is 11.1 Å². The number of nitrogens with zero attached hydrogens (tertiary/aromatic N) is 1. The summed E-state index contributed by atoms with van der Waals surface area (Å²) in [6.07, 6.45) is 18.0. The summed E-state index contributed by atoms with van der Waals surface area (Å²) in [5.74, 6) is 2.82. The number of hydrogen-bond acceptors (Lipinski definition) is 3. The van der Waals surface area contributed by atoms with Gasteiger partial charge in [0.05, 0.1) is 0 Å². The summed E-state index contributed by atoms with van der Waals surface area (Å²) in [6.45, 7) is 5.72. The van der Waals surface area contributed by atoms with Gasteiger partial charge < -0.3 is 9.64 Å². The maximum Gasteiger partial charge on any atom is 0.222 e. The molecule has 2 saturated heterocycles. The lowest BCUT2D eigenvalue weighted by Gasteiger charge is -2.46. The fourth-order valence-corrected chi connectivity index (χ4v) is 8.74. The minimum absolute atomic E-state index is 0.309. The fourth-order valence-electron chi connectivity index (χ4n) is 8.74. The molecule has 33 heavy (non-hydrogen) atoms. The first-order chi connectivity index (χ1) is 16.0. The van der Waals surface area contributed by atoms with E-state index in [-0.39, 0.29) is 5.41 Å². The van der Waals surface area contributed by atoms with Crippen LogP contribution in [0, 0.1) is 34.5 Å². The van der Waals surface area contributed by atoms with E-state index < -0.39 is 0 Å². The van der Waals surface area contributed by atoms with Gasteiger partial charge in [0.25, 0.3) is 0 Å². The van der Waals surface area contributed by atoms with Crippen LogP contribution in [0.2, 0.25) is 0 Å². The topological polar surface area (TPSA) is 46.6 Å². The van der Waals surface area contributed by atoms with Gasteiger partial charge in [-0.1, -0.05) is 24.1 Å². The number of ether oxygens (including phenoxy) is 1. The second kappa shape index (κ2) is 8.36. The molecule has 0 radical (unpaired) electrons. The van der Waals surface area contributed by atoms with Gasteiger partial charge in [-0.2, -0.15) is 0 Å². The zero-order valence-corrected chi connectivity index (χ0v) is 20.4. The zero-order chi connectivity index (χ0) is 22.6. The zero-order valence-electron chi connectivity index (χ0n) is 20.4. The largest absolute Gasteiger partial charge is 0.381 e. The molecule has 4 fully saturated rings. The molecule has 3 unspecified atom stereocenters. The van der Waals surface area contributed by atoms with E-state index in [1.807, 2.05) is 0 Å². The van der Waals surface area contributed by atoms with Crippen LogP contribution in [0.15, 0.2) is 23.3 Å². The maximum absolute atomic E-state index is 13.2. The summed E-state index contributed by atoms with van der Waals surface area (Å²) in [5, 5.41) is 0. The molecule has 6 aliphatic rings. The Morgan fingerprint density at radius 1 is 1.15 bits per heavy atom. The number of likely N-dealkylation sites (tertiary alicyclic amines) is 1. The van der Waals surface area contributed by atoms with Crippen LogP contribution in [0.25, 0.3) is 0 Å². The SMILES string of the molecule is C[C@]12C=CC3=C4CCCCC4CCC3C1[C@H](CCC(=O)N1CCC3(CCOCC3)C1)CC2=O. The van der Waals surface area contributed by atoms with E-state index in [1.165, 1.54) is 38.5 Å². The Labute approximate surface area is 199 Å². The van der Waals surface area contributed by atoms with E-state index in [4.69, 9.17) is 4.74 Å². The molecule has 0 N–H and O–H groups in total.